The number of para-hydroxylation sites is 1. The molecule has 0 aliphatic rings. The molecule has 0 saturated heterocycles. The summed E-state index contributed by atoms with van der Waals surface area (Å²) in [5, 5.41) is 6.75. The molecule has 0 bridgehead atoms. The van der Waals surface area contributed by atoms with Gasteiger partial charge in [0.1, 0.15) is 0 Å². The molecule has 72 valence electrons. The van der Waals surface area contributed by atoms with Gasteiger partial charge in [-0.2, -0.15) is 5.10 Å². The van der Waals surface area contributed by atoms with Gasteiger partial charge in [0.05, 0.1) is 18.5 Å². The Morgan fingerprint density at radius 3 is 2.86 bits per heavy atom. The maximum Gasteiger partial charge on any atom is 0.151 e. The molecule has 1 aromatic heterocycles. The van der Waals surface area contributed by atoms with Gasteiger partial charge in [-0.3, -0.25) is 5.10 Å². The number of ether oxygens (including phenoxy) is 1. The van der Waals surface area contributed by atoms with Crippen molar-refractivity contribution in [1.82, 2.24) is 10.2 Å². The fraction of sp³-hybridized carbons (Fsp3) is 0.100. The van der Waals surface area contributed by atoms with E-state index in [-0.39, 0.29) is 0 Å². The van der Waals surface area contributed by atoms with Gasteiger partial charge < -0.3 is 10.5 Å². The fourth-order valence-corrected chi connectivity index (χ4v) is 1.40. The molecule has 4 nitrogen and oxygen atoms in total. The number of rotatable bonds is 2. The quantitative estimate of drug-likeness (QED) is 0.706. The molecule has 2 rings (SSSR count). The van der Waals surface area contributed by atoms with Crippen LogP contribution in [0.4, 0.5) is 5.69 Å². The molecular weight excluding hydrogens is 178 g/mol. The van der Waals surface area contributed by atoms with E-state index in [1.807, 2.05) is 18.2 Å². The highest BCUT2D eigenvalue weighted by molar-refractivity contribution is 5.74. The van der Waals surface area contributed by atoms with Crippen molar-refractivity contribution in [2.45, 2.75) is 0 Å². The number of benzene rings is 1. The number of nitrogen functional groups attached to an aromatic ring is 1. The SMILES string of the molecule is COc1c(N)cccc1-c1ccn[nH]1. The Balaban J connectivity index is 2.58. The first-order valence-corrected chi connectivity index (χ1v) is 4.25. The number of nitrogens with two attached hydrogens (primary N) is 1. The number of anilines is 1. The number of aromatic nitrogens is 2. The summed E-state index contributed by atoms with van der Waals surface area (Å²) in [5.74, 6) is 0.678. The van der Waals surface area contributed by atoms with Crippen LogP contribution in [-0.4, -0.2) is 17.3 Å². The van der Waals surface area contributed by atoms with E-state index in [0.717, 1.165) is 11.3 Å². The molecule has 0 unspecified atom stereocenters. The lowest BCUT2D eigenvalue weighted by Crippen LogP contribution is -1.94. The van der Waals surface area contributed by atoms with Gasteiger partial charge in [-0.05, 0) is 18.2 Å². The van der Waals surface area contributed by atoms with Crippen LogP contribution in [0.15, 0.2) is 30.5 Å². The van der Waals surface area contributed by atoms with Crippen molar-refractivity contribution in [3.8, 4) is 17.0 Å². The summed E-state index contributed by atoms with van der Waals surface area (Å²) in [4.78, 5) is 0. The molecule has 0 spiro atoms. The number of hydrogen-bond donors (Lipinski definition) is 2. The second-order valence-corrected chi connectivity index (χ2v) is 2.90. The van der Waals surface area contributed by atoms with Gasteiger partial charge in [-0.1, -0.05) is 6.07 Å². The van der Waals surface area contributed by atoms with Crippen LogP contribution in [0.25, 0.3) is 11.3 Å². The molecule has 2 aromatic rings. The van der Waals surface area contributed by atoms with E-state index in [9.17, 15) is 0 Å². The van der Waals surface area contributed by atoms with Gasteiger partial charge in [0, 0.05) is 11.8 Å². The Morgan fingerprint density at radius 1 is 1.36 bits per heavy atom. The minimum Gasteiger partial charge on any atom is -0.494 e. The second-order valence-electron chi connectivity index (χ2n) is 2.90. The first-order chi connectivity index (χ1) is 6.83. The maximum absolute atomic E-state index is 5.78. The highest BCUT2D eigenvalue weighted by atomic mass is 16.5. The molecule has 0 aliphatic heterocycles. The van der Waals surface area contributed by atoms with Crippen molar-refractivity contribution in [1.29, 1.82) is 0 Å². The van der Waals surface area contributed by atoms with Crippen molar-refractivity contribution in [3.05, 3.63) is 30.5 Å². The largest absolute Gasteiger partial charge is 0.494 e. The van der Waals surface area contributed by atoms with E-state index in [1.165, 1.54) is 0 Å². The van der Waals surface area contributed by atoms with E-state index in [2.05, 4.69) is 10.2 Å². The van der Waals surface area contributed by atoms with Gasteiger partial charge in [0.15, 0.2) is 5.75 Å². The molecule has 0 atom stereocenters. The van der Waals surface area contributed by atoms with Crippen molar-refractivity contribution in [2.24, 2.45) is 0 Å². The minimum absolute atomic E-state index is 0.625. The van der Waals surface area contributed by atoms with Gasteiger partial charge in [0.25, 0.3) is 0 Å². The lowest BCUT2D eigenvalue weighted by molar-refractivity contribution is 0.418. The van der Waals surface area contributed by atoms with Gasteiger partial charge in [-0.15, -0.1) is 0 Å². The van der Waals surface area contributed by atoms with E-state index in [4.69, 9.17) is 10.5 Å². The molecule has 3 N–H and O–H groups in total. The van der Waals surface area contributed by atoms with Crippen molar-refractivity contribution in [3.63, 3.8) is 0 Å². The number of nitrogens with one attached hydrogen (secondary N) is 1. The Kier molecular flexibility index (Phi) is 2.10. The predicted molar refractivity (Wildman–Crippen MR) is 55.0 cm³/mol. The van der Waals surface area contributed by atoms with Gasteiger partial charge in [0.2, 0.25) is 0 Å². The summed E-state index contributed by atoms with van der Waals surface area (Å²) in [7, 11) is 1.60. The van der Waals surface area contributed by atoms with Crippen LogP contribution < -0.4 is 10.5 Å². The Labute approximate surface area is 81.7 Å². The number of hydrogen-bond acceptors (Lipinski definition) is 3. The van der Waals surface area contributed by atoms with Crippen molar-refractivity contribution in [2.75, 3.05) is 12.8 Å². The molecular formula is C10H11N3O. The summed E-state index contributed by atoms with van der Waals surface area (Å²) in [5.41, 5.74) is 8.22. The smallest absolute Gasteiger partial charge is 0.151 e. The van der Waals surface area contributed by atoms with Gasteiger partial charge >= 0.3 is 0 Å². The zero-order chi connectivity index (χ0) is 9.97. The third kappa shape index (κ3) is 1.31. The zero-order valence-electron chi connectivity index (χ0n) is 7.82. The van der Waals surface area contributed by atoms with Crippen LogP contribution in [0.3, 0.4) is 0 Å². The van der Waals surface area contributed by atoms with Crippen molar-refractivity contribution >= 4 is 5.69 Å². The Bertz CT molecular complexity index is 423. The van der Waals surface area contributed by atoms with Crippen molar-refractivity contribution < 1.29 is 4.74 Å². The Morgan fingerprint density at radius 2 is 2.21 bits per heavy atom. The summed E-state index contributed by atoms with van der Waals surface area (Å²) >= 11 is 0. The van der Waals surface area contributed by atoms with E-state index < -0.39 is 0 Å². The topological polar surface area (TPSA) is 63.9 Å². The molecule has 0 amide bonds. The summed E-state index contributed by atoms with van der Waals surface area (Å²) in [6.07, 6.45) is 1.69. The molecule has 1 heterocycles. The molecule has 0 radical (unpaired) electrons. The van der Waals surface area contributed by atoms with E-state index >= 15 is 0 Å². The molecule has 4 heteroatoms. The standard InChI is InChI=1S/C10H11N3O/c1-14-10-7(3-2-4-8(10)11)9-5-6-12-13-9/h2-6H,11H2,1H3,(H,12,13). The van der Waals surface area contributed by atoms with Crippen LogP contribution in [0.5, 0.6) is 5.75 Å². The number of H-pyrrole nitrogens is 1. The second kappa shape index (κ2) is 3.41. The normalized spacial score (nSPS) is 10.1. The Hall–Kier alpha value is -1.97. The maximum atomic E-state index is 5.78. The molecule has 14 heavy (non-hydrogen) atoms. The average Bonchev–Trinajstić information content (AvgIpc) is 2.70. The molecule has 0 saturated carbocycles. The minimum atomic E-state index is 0.625. The van der Waals surface area contributed by atoms with Crippen LogP contribution in [0.2, 0.25) is 0 Å². The lowest BCUT2D eigenvalue weighted by atomic mass is 10.1. The van der Waals surface area contributed by atoms with E-state index in [0.29, 0.717) is 11.4 Å². The first-order valence-electron chi connectivity index (χ1n) is 4.25. The van der Waals surface area contributed by atoms with E-state index in [1.54, 1.807) is 19.4 Å². The summed E-state index contributed by atoms with van der Waals surface area (Å²) in [6, 6.07) is 7.49. The van der Waals surface area contributed by atoms with Crippen LogP contribution in [0.1, 0.15) is 0 Å². The fourth-order valence-electron chi connectivity index (χ4n) is 1.40. The lowest BCUT2D eigenvalue weighted by Gasteiger charge is -2.08. The summed E-state index contributed by atoms with van der Waals surface area (Å²) < 4.78 is 5.23. The average molecular weight is 189 g/mol. The monoisotopic (exact) mass is 189 g/mol. The van der Waals surface area contributed by atoms with Crippen LogP contribution in [-0.2, 0) is 0 Å². The molecule has 0 aliphatic carbocycles. The number of nitrogens with zero attached hydrogens (tertiary/aromatic N) is 1. The predicted octanol–water partition coefficient (Wildman–Crippen LogP) is 1.67. The molecule has 1 aromatic carbocycles. The number of aromatic amines is 1. The summed E-state index contributed by atoms with van der Waals surface area (Å²) in [6.45, 7) is 0. The third-order valence-electron chi connectivity index (χ3n) is 2.04. The first kappa shape index (κ1) is 8.62. The highest BCUT2D eigenvalue weighted by Crippen LogP contribution is 2.33. The number of methoxy groups -OCH3 is 1. The molecule has 0 fully saturated rings. The van der Waals surface area contributed by atoms with Gasteiger partial charge in [-0.25, -0.2) is 0 Å². The third-order valence-corrected chi connectivity index (χ3v) is 2.04. The zero-order valence-corrected chi connectivity index (χ0v) is 7.82. The highest BCUT2D eigenvalue weighted by Gasteiger charge is 2.08. The van der Waals surface area contributed by atoms with Crippen LogP contribution in [0, 0.1) is 0 Å². The van der Waals surface area contributed by atoms with Crippen LogP contribution >= 0.6 is 0 Å².